The summed E-state index contributed by atoms with van der Waals surface area (Å²) in [7, 11) is 3.35. The zero-order valence-corrected chi connectivity index (χ0v) is 16.3. The Labute approximate surface area is 160 Å². The lowest BCUT2D eigenvalue weighted by molar-refractivity contribution is -0.123. The average Bonchev–Trinajstić information content (AvgIpc) is 2.63. The van der Waals surface area contributed by atoms with Gasteiger partial charge < -0.3 is 15.4 Å². The van der Waals surface area contributed by atoms with Crippen LogP contribution in [0.25, 0.3) is 0 Å². The van der Waals surface area contributed by atoms with Crippen molar-refractivity contribution in [3.63, 3.8) is 0 Å². The van der Waals surface area contributed by atoms with Crippen LogP contribution in [-0.2, 0) is 16.1 Å². The van der Waals surface area contributed by atoms with E-state index >= 15 is 0 Å². The van der Waals surface area contributed by atoms with E-state index < -0.39 is 0 Å². The number of rotatable bonds is 8. The molecular formula is C21H27N3O3. The van der Waals surface area contributed by atoms with Gasteiger partial charge in [-0.05, 0) is 55.8 Å². The van der Waals surface area contributed by atoms with Crippen LogP contribution in [-0.4, -0.2) is 44.0 Å². The molecule has 27 heavy (non-hydrogen) atoms. The Kier molecular flexibility index (Phi) is 7.37. The highest BCUT2D eigenvalue weighted by molar-refractivity contribution is 5.93. The number of anilines is 1. The number of ether oxygens (including phenoxy) is 1. The molecule has 0 spiro atoms. The molecule has 0 aliphatic heterocycles. The van der Waals surface area contributed by atoms with E-state index in [4.69, 9.17) is 4.74 Å². The fraction of sp³-hybridized carbons (Fsp3) is 0.333. The van der Waals surface area contributed by atoms with Crippen molar-refractivity contribution in [1.29, 1.82) is 0 Å². The van der Waals surface area contributed by atoms with E-state index in [0.717, 1.165) is 28.1 Å². The zero-order valence-electron chi connectivity index (χ0n) is 16.3. The SMILES string of the molecule is COc1cccc(CNC(=O)CN(C)CC(=O)Nc2cccc(C)c2C)c1. The summed E-state index contributed by atoms with van der Waals surface area (Å²) in [6.07, 6.45) is 0. The van der Waals surface area contributed by atoms with Gasteiger partial charge in [-0.2, -0.15) is 0 Å². The van der Waals surface area contributed by atoms with Gasteiger partial charge in [-0.1, -0.05) is 24.3 Å². The van der Waals surface area contributed by atoms with Crippen LogP contribution in [0.2, 0.25) is 0 Å². The summed E-state index contributed by atoms with van der Waals surface area (Å²) >= 11 is 0. The zero-order chi connectivity index (χ0) is 19.8. The molecule has 0 radical (unpaired) electrons. The molecule has 2 amide bonds. The summed E-state index contributed by atoms with van der Waals surface area (Å²) in [6.45, 7) is 4.67. The molecule has 0 bridgehead atoms. The maximum Gasteiger partial charge on any atom is 0.238 e. The third kappa shape index (κ3) is 6.42. The first kappa shape index (κ1) is 20.5. The van der Waals surface area contributed by atoms with Gasteiger partial charge in [0.25, 0.3) is 0 Å². The third-order valence-corrected chi connectivity index (χ3v) is 4.33. The first-order chi connectivity index (χ1) is 12.9. The summed E-state index contributed by atoms with van der Waals surface area (Å²) in [5.74, 6) is 0.466. The molecule has 2 rings (SSSR count). The molecule has 2 N–H and O–H groups in total. The van der Waals surface area contributed by atoms with Gasteiger partial charge in [0.05, 0.1) is 20.2 Å². The second-order valence-electron chi connectivity index (χ2n) is 6.60. The van der Waals surface area contributed by atoms with Crippen molar-refractivity contribution < 1.29 is 14.3 Å². The maximum absolute atomic E-state index is 12.2. The number of methoxy groups -OCH3 is 1. The Morgan fingerprint density at radius 1 is 1.04 bits per heavy atom. The number of nitrogens with one attached hydrogen (secondary N) is 2. The Morgan fingerprint density at radius 3 is 2.48 bits per heavy atom. The van der Waals surface area contributed by atoms with Gasteiger partial charge in [-0.15, -0.1) is 0 Å². The number of benzene rings is 2. The minimum absolute atomic E-state index is 0.139. The number of carbonyl (C=O) groups is 2. The van der Waals surface area contributed by atoms with Crippen molar-refractivity contribution in [2.75, 3.05) is 32.6 Å². The van der Waals surface area contributed by atoms with Gasteiger partial charge in [0.2, 0.25) is 11.8 Å². The quantitative estimate of drug-likeness (QED) is 0.750. The largest absolute Gasteiger partial charge is 0.497 e. The summed E-state index contributed by atoms with van der Waals surface area (Å²) < 4.78 is 5.17. The lowest BCUT2D eigenvalue weighted by Gasteiger charge is -2.17. The van der Waals surface area contributed by atoms with Crippen LogP contribution in [0.3, 0.4) is 0 Å². The van der Waals surface area contributed by atoms with E-state index in [1.807, 2.05) is 56.3 Å². The summed E-state index contributed by atoms with van der Waals surface area (Å²) in [4.78, 5) is 26.0. The van der Waals surface area contributed by atoms with Crippen molar-refractivity contribution in [1.82, 2.24) is 10.2 Å². The Balaban J connectivity index is 1.78. The molecule has 0 fully saturated rings. The molecule has 2 aromatic carbocycles. The molecular weight excluding hydrogens is 342 g/mol. The molecule has 144 valence electrons. The van der Waals surface area contributed by atoms with Gasteiger partial charge in [0, 0.05) is 12.2 Å². The fourth-order valence-electron chi connectivity index (χ4n) is 2.66. The number of amides is 2. The highest BCUT2D eigenvalue weighted by Gasteiger charge is 2.12. The van der Waals surface area contributed by atoms with E-state index in [9.17, 15) is 9.59 Å². The van der Waals surface area contributed by atoms with Gasteiger partial charge in [0.15, 0.2) is 0 Å². The molecule has 0 atom stereocenters. The van der Waals surface area contributed by atoms with Crippen molar-refractivity contribution in [2.24, 2.45) is 0 Å². The summed E-state index contributed by atoms with van der Waals surface area (Å²) in [5.41, 5.74) is 3.93. The molecule has 0 aromatic heterocycles. The van der Waals surface area contributed by atoms with Crippen LogP contribution in [0, 0.1) is 13.8 Å². The molecule has 0 saturated carbocycles. The van der Waals surface area contributed by atoms with Gasteiger partial charge in [-0.25, -0.2) is 0 Å². The first-order valence-corrected chi connectivity index (χ1v) is 8.83. The Bertz CT molecular complexity index is 805. The predicted molar refractivity (Wildman–Crippen MR) is 107 cm³/mol. The van der Waals surface area contributed by atoms with Crippen LogP contribution in [0.4, 0.5) is 5.69 Å². The standard InChI is InChI=1S/C21H27N3O3/c1-15-7-5-10-19(16(15)2)23-21(26)14-24(3)13-20(25)22-12-17-8-6-9-18(11-17)27-4/h5-11H,12-14H2,1-4H3,(H,22,25)(H,23,26). The summed E-state index contributed by atoms with van der Waals surface area (Å²) in [5, 5.41) is 5.75. The number of aryl methyl sites for hydroxylation is 1. The van der Waals surface area contributed by atoms with E-state index in [-0.39, 0.29) is 24.9 Å². The Morgan fingerprint density at radius 2 is 1.74 bits per heavy atom. The smallest absolute Gasteiger partial charge is 0.238 e. The normalized spacial score (nSPS) is 10.6. The van der Waals surface area contributed by atoms with E-state index in [1.54, 1.807) is 19.1 Å². The molecule has 0 aliphatic carbocycles. The van der Waals surface area contributed by atoms with Crippen LogP contribution in [0.5, 0.6) is 5.75 Å². The monoisotopic (exact) mass is 369 g/mol. The van der Waals surface area contributed by atoms with Gasteiger partial charge >= 0.3 is 0 Å². The molecule has 0 unspecified atom stereocenters. The molecule has 2 aromatic rings. The van der Waals surface area contributed by atoms with E-state index in [2.05, 4.69) is 10.6 Å². The summed E-state index contributed by atoms with van der Waals surface area (Å²) in [6, 6.07) is 13.3. The van der Waals surface area contributed by atoms with Crippen molar-refractivity contribution in [3.05, 3.63) is 59.2 Å². The second-order valence-corrected chi connectivity index (χ2v) is 6.60. The molecule has 6 nitrogen and oxygen atoms in total. The average molecular weight is 369 g/mol. The molecule has 0 aliphatic rings. The lowest BCUT2D eigenvalue weighted by Crippen LogP contribution is -2.38. The molecule has 6 heteroatoms. The fourth-order valence-corrected chi connectivity index (χ4v) is 2.66. The van der Waals surface area contributed by atoms with Crippen LogP contribution in [0.1, 0.15) is 16.7 Å². The van der Waals surface area contributed by atoms with Crippen molar-refractivity contribution in [2.45, 2.75) is 20.4 Å². The van der Waals surface area contributed by atoms with Crippen molar-refractivity contribution in [3.8, 4) is 5.75 Å². The number of likely N-dealkylation sites (N-methyl/N-ethyl adjacent to an activating group) is 1. The van der Waals surface area contributed by atoms with Crippen LogP contribution < -0.4 is 15.4 Å². The number of hydrogen-bond donors (Lipinski definition) is 2. The van der Waals surface area contributed by atoms with Crippen LogP contribution >= 0.6 is 0 Å². The van der Waals surface area contributed by atoms with E-state index in [0.29, 0.717) is 6.54 Å². The minimum Gasteiger partial charge on any atom is -0.497 e. The number of carbonyl (C=O) groups excluding carboxylic acids is 2. The first-order valence-electron chi connectivity index (χ1n) is 8.83. The lowest BCUT2D eigenvalue weighted by atomic mass is 10.1. The van der Waals surface area contributed by atoms with Crippen LogP contribution in [0.15, 0.2) is 42.5 Å². The second kappa shape index (κ2) is 9.73. The third-order valence-electron chi connectivity index (χ3n) is 4.33. The number of nitrogens with zero attached hydrogens (tertiary/aromatic N) is 1. The Hall–Kier alpha value is -2.86. The van der Waals surface area contributed by atoms with Gasteiger partial charge in [0.1, 0.15) is 5.75 Å². The molecule has 0 heterocycles. The van der Waals surface area contributed by atoms with E-state index in [1.165, 1.54) is 0 Å². The molecule has 0 saturated heterocycles. The van der Waals surface area contributed by atoms with Crippen molar-refractivity contribution >= 4 is 17.5 Å². The maximum atomic E-state index is 12.2. The highest BCUT2D eigenvalue weighted by Crippen LogP contribution is 2.17. The minimum atomic E-state index is -0.146. The van der Waals surface area contributed by atoms with Gasteiger partial charge in [-0.3, -0.25) is 14.5 Å². The number of hydrogen-bond acceptors (Lipinski definition) is 4. The topological polar surface area (TPSA) is 70.7 Å². The highest BCUT2D eigenvalue weighted by atomic mass is 16.5. The predicted octanol–water partition coefficient (Wildman–Crippen LogP) is 2.50.